The molecule has 68 valence electrons. The van der Waals surface area contributed by atoms with Gasteiger partial charge in [0.2, 0.25) is 0 Å². The van der Waals surface area contributed by atoms with E-state index in [1.807, 2.05) is 20.9 Å². The van der Waals surface area contributed by atoms with Gasteiger partial charge in [-0.3, -0.25) is 5.43 Å². The van der Waals surface area contributed by atoms with Crippen molar-refractivity contribution in [2.24, 2.45) is 5.41 Å². The highest BCUT2D eigenvalue weighted by Crippen LogP contribution is 2.26. The van der Waals surface area contributed by atoms with Crippen molar-refractivity contribution in [3.8, 4) is 0 Å². The SMILES string of the molecule is CC.CNN1CCC(C)(C)C1. The van der Waals surface area contributed by atoms with Crippen molar-refractivity contribution in [1.82, 2.24) is 10.4 Å². The van der Waals surface area contributed by atoms with Crippen LogP contribution in [0.5, 0.6) is 0 Å². The van der Waals surface area contributed by atoms with E-state index < -0.39 is 0 Å². The monoisotopic (exact) mass is 158 g/mol. The molecule has 2 nitrogen and oxygen atoms in total. The summed E-state index contributed by atoms with van der Waals surface area (Å²) in [6.07, 6.45) is 1.31. The Bertz CT molecular complexity index is 99.7. The lowest BCUT2D eigenvalue weighted by molar-refractivity contribution is 0.231. The van der Waals surface area contributed by atoms with Gasteiger partial charge < -0.3 is 0 Å². The molecule has 0 saturated carbocycles. The molecule has 0 atom stereocenters. The van der Waals surface area contributed by atoms with E-state index in [0.717, 1.165) is 0 Å². The molecular weight excluding hydrogens is 136 g/mol. The Labute approximate surface area is 70.9 Å². The van der Waals surface area contributed by atoms with E-state index in [0.29, 0.717) is 5.41 Å². The highest BCUT2D eigenvalue weighted by atomic mass is 15.5. The second-order valence-electron chi connectivity index (χ2n) is 3.56. The average molecular weight is 158 g/mol. The van der Waals surface area contributed by atoms with Crippen molar-refractivity contribution in [1.29, 1.82) is 0 Å². The lowest BCUT2D eigenvalue weighted by Gasteiger charge is -2.17. The number of nitrogens with zero attached hydrogens (tertiary/aromatic N) is 1. The van der Waals surface area contributed by atoms with Crippen LogP contribution in [0.3, 0.4) is 0 Å². The maximum Gasteiger partial charge on any atom is 0.0182 e. The summed E-state index contributed by atoms with van der Waals surface area (Å²) in [6, 6.07) is 0. The third kappa shape index (κ3) is 3.73. The van der Waals surface area contributed by atoms with Gasteiger partial charge in [-0.05, 0) is 18.9 Å². The molecule has 2 heteroatoms. The van der Waals surface area contributed by atoms with E-state index in [1.165, 1.54) is 19.5 Å². The Morgan fingerprint density at radius 2 is 1.82 bits per heavy atom. The van der Waals surface area contributed by atoms with Crippen molar-refractivity contribution in [3.05, 3.63) is 0 Å². The standard InChI is InChI=1S/C7H16N2.C2H6/c1-7(2)4-5-9(6-7)8-3;1-2/h8H,4-6H2,1-3H3;1-2H3. The van der Waals surface area contributed by atoms with Gasteiger partial charge in [0, 0.05) is 13.1 Å². The van der Waals surface area contributed by atoms with E-state index in [9.17, 15) is 0 Å². The first kappa shape index (κ1) is 10.9. The summed E-state index contributed by atoms with van der Waals surface area (Å²) in [7, 11) is 1.99. The fraction of sp³-hybridized carbons (Fsp3) is 1.00. The van der Waals surface area contributed by atoms with E-state index >= 15 is 0 Å². The molecule has 11 heavy (non-hydrogen) atoms. The quantitative estimate of drug-likeness (QED) is 0.627. The number of nitrogens with one attached hydrogen (secondary N) is 1. The minimum absolute atomic E-state index is 0.531. The fourth-order valence-corrected chi connectivity index (χ4v) is 1.30. The molecule has 0 aromatic rings. The Hall–Kier alpha value is -0.0800. The minimum atomic E-state index is 0.531. The second-order valence-corrected chi connectivity index (χ2v) is 3.56. The molecule has 0 amide bonds. The molecule has 0 radical (unpaired) electrons. The lowest BCUT2D eigenvalue weighted by Crippen LogP contribution is -2.33. The maximum absolute atomic E-state index is 3.15. The van der Waals surface area contributed by atoms with Crippen molar-refractivity contribution < 1.29 is 0 Å². The van der Waals surface area contributed by atoms with E-state index in [2.05, 4.69) is 24.3 Å². The first-order chi connectivity index (χ1) is 5.14. The number of hydrogen-bond donors (Lipinski definition) is 1. The van der Waals surface area contributed by atoms with Crippen LogP contribution in [0.15, 0.2) is 0 Å². The van der Waals surface area contributed by atoms with E-state index in [-0.39, 0.29) is 0 Å². The van der Waals surface area contributed by atoms with Gasteiger partial charge in [-0.25, -0.2) is 5.01 Å². The molecule has 1 saturated heterocycles. The molecule has 1 fully saturated rings. The first-order valence-electron chi connectivity index (χ1n) is 4.56. The Morgan fingerprint density at radius 3 is 2.00 bits per heavy atom. The highest BCUT2D eigenvalue weighted by Gasteiger charge is 2.27. The molecule has 1 aliphatic heterocycles. The van der Waals surface area contributed by atoms with Gasteiger partial charge in [-0.15, -0.1) is 0 Å². The predicted molar refractivity (Wildman–Crippen MR) is 50.4 cm³/mol. The van der Waals surface area contributed by atoms with Gasteiger partial charge in [0.1, 0.15) is 0 Å². The molecule has 1 heterocycles. The normalized spacial score (nSPS) is 22.6. The molecule has 0 aromatic carbocycles. The van der Waals surface area contributed by atoms with Gasteiger partial charge in [0.05, 0.1) is 0 Å². The molecule has 0 unspecified atom stereocenters. The molecule has 1 aliphatic rings. The van der Waals surface area contributed by atoms with Crippen LogP contribution in [-0.2, 0) is 0 Å². The van der Waals surface area contributed by atoms with Crippen LogP contribution >= 0.6 is 0 Å². The largest absolute Gasteiger partial charge is 0.258 e. The van der Waals surface area contributed by atoms with E-state index in [4.69, 9.17) is 0 Å². The molecular formula is C9H22N2. The average Bonchev–Trinajstić information content (AvgIpc) is 2.34. The summed E-state index contributed by atoms with van der Waals surface area (Å²) in [4.78, 5) is 0. The van der Waals surface area contributed by atoms with Gasteiger partial charge in [-0.2, -0.15) is 0 Å². The fourth-order valence-electron chi connectivity index (χ4n) is 1.30. The lowest BCUT2D eigenvalue weighted by atomic mass is 9.93. The van der Waals surface area contributed by atoms with Gasteiger partial charge >= 0.3 is 0 Å². The highest BCUT2D eigenvalue weighted by molar-refractivity contribution is 4.79. The topological polar surface area (TPSA) is 15.3 Å². The van der Waals surface area contributed by atoms with Gasteiger partial charge in [-0.1, -0.05) is 27.7 Å². The zero-order chi connectivity index (χ0) is 8.91. The number of rotatable bonds is 1. The van der Waals surface area contributed by atoms with Crippen LogP contribution in [0.4, 0.5) is 0 Å². The Morgan fingerprint density at radius 1 is 1.27 bits per heavy atom. The Kier molecular flexibility index (Phi) is 4.69. The number of hydrogen-bond acceptors (Lipinski definition) is 2. The smallest absolute Gasteiger partial charge is 0.0182 e. The van der Waals surface area contributed by atoms with Crippen LogP contribution in [0.2, 0.25) is 0 Å². The van der Waals surface area contributed by atoms with E-state index in [1.54, 1.807) is 0 Å². The summed E-state index contributed by atoms with van der Waals surface area (Å²) in [6.45, 7) is 11.0. The molecule has 0 bridgehead atoms. The second kappa shape index (κ2) is 4.73. The van der Waals surface area contributed by atoms with Crippen molar-refractivity contribution >= 4 is 0 Å². The molecule has 0 aliphatic carbocycles. The maximum atomic E-state index is 3.15. The van der Waals surface area contributed by atoms with Crippen LogP contribution in [0.25, 0.3) is 0 Å². The van der Waals surface area contributed by atoms with Crippen LogP contribution in [0, 0.1) is 5.41 Å². The zero-order valence-corrected chi connectivity index (χ0v) is 8.57. The predicted octanol–water partition coefficient (Wildman–Crippen LogP) is 1.88. The summed E-state index contributed by atoms with van der Waals surface area (Å²) in [5.41, 5.74) is 3.68. The summed E-state index contributed by atoms with van der Waals surface area (Å²) < 4.78 is 0. The van der Waals surface area contributed by atoms with Crippen molar-refractivity contribution in [3.63, 3.8) is 0 Å². The van der Waals surface area contributed by atoms with Crippen molar-refractivity contribution in [2.45, 2.75) is 34.1 Å². The van der Waals surface area contributed by atoms with Gasteiger partial charge in [0.15, 0.2) is 0 Å². The minimum Gasteiger partial charge on any atom is -0.258 e. The van der Waals surface area contributed by atoms with Crippen LogP contribution in [0.1, 0.15) is 34.1 Å². The molecule has 1 N–H and O–H groups in total. The molecule has 0 spiro atoms. The summed E-state index contributed by atoms with van der Waals surface area (Å²) in [5.74, 6) is 0. The number of hydrazine groups is 1. The summed E-state index contributed by atoms with van der Waals surface area (Å²) in [5, 5.41) is 2.26. The zero-order valence-electron chi connectivity index (χ0n) is 8.57. The molecule has 0 aromatic heterocycles. The first-order valence-corrected chi connectivity index (χ1v) is 4.56. The molecule has 1 rings (SSSR count). The van der Waals surface area contributed by atoms with Gasteiger partial charge in [0.25, 0.3) is 0 Å². The van der Waals surface area contributed by atoms with Crippen LogP contribution in [-0.4, -0.2) is 25.1 Å². The van der Waals surface area contributed by atoms with Crippen molar-refractivity contribution in [2.75, 3.05) is 20.1 Å². The Balaban J connectivity index is 0.000000461. The van der Waals surface area contributed by atoms with Crippen LogP contribution < -0.4 is 5.43 Å². The summed E-state index contributed by atoms with van der Waals surface area (Å²) >= 11 is 0. The third-order valence-corrected chi connectivity index (χ3v) is 1.99. The third-order valence-electron chi connectivity index (χ3n) is 1.99.